The molecule has 2 heterocycles. The topological polar surface area (TPSA) is 87.1 Å². The molecule has 0 atom stereocenters. The van der Waals surface area contributed by atoms with Crippen LogP contribution in [0.5, 0.6) is 0 Å². The van der Waals surface area contributed by atoms with Crippen molar-refractivity contribution in [1.29, 1.82) is 0 Å². The third-order valence-corrected chi connectivity index (χ3v) is 3.45. The summed E-state index contributed by atoms with van der Waals surface area (Å²) in [5, 5.41) is 7.97. The highest BCUT2D eigenvalue weighted by Crippen LogP contribution is 2.32. The van der Waals surface area contributed by atoms with Gasteiger partial charge in [0.1, 0.15) is 0 Å². The van der Waals surface area contributed by atoms with E-state index in [2.05, 4.69) is 24.8 Å². The minimum atomic E-state index is 0.0378. The predicted octanol–water partition coefficient (Wildman–Crippen LogP) is 2.85. The van der Waals surface area contributed by atoms with Crippen LogP contribution in [0.3, 0.4) is 0 Å². The zero-order valence-corrected chi connectivity index (χ0v) is 11.4. The molecule has 1 aromatic carbocycles. The molecule has 3 rings (SSSR count). The molecule has 0 bridgehead atoms. The van der Waals surface area contributed by atoms with E-state index in [9.17, 15) is 0 Å². The molecule has 0 radical (unpaired) electrons. The summed E-state index contributed by atoms with van der Waals surface area (Å²) in [5.74, 6) is 0.483. The van der Waals surface area contributed by atoms with E-state index < -0.39 is 0 Å². The second kappa shape index (κ2) is 4.67. The van der Waals surface area contributed by atoms with Crippen LogP contribution in [0, 0.1) is 6.57 Å². The summed E-state index contributed by atoms with van der Waals surface area (Å²) in [6, 6.07) is 3.26. The number of benzene rings is 1. The van der Waals surface area contributed by atoms with E-state index in [4.69, 9.17) is 35.5 Å². The molecule has 0 unspecified atom stereocenters. The molecule has 0 aliphatic carbocycles. The molecule has 0 aliphatic heterocycles. The third kappa shape index (κ3) is 1.86. The second-order valence-corrected chi connectivity index (χ2v) is 4.73. The molecule has 0 amide bonds. The molecule has 2 aromatic heterocycles. The number of nitrogens with two attached hydrogens (primary N) is 1. The van der Waals surface area contributed by atoms with Gasteiger partial charge in [-0.3, -0.25) is 9.41 Å². The van der Waals surface area contributed by atoms with Gasteiger partial charge >= 0.3 is 0 Å². The Balaban J connectivity index is 2.35. The maximum atomic E-state index is 7.05. The molecule has 100 valence electrons. The van der Waals surface area contributed by atoms with Crippen LogP contribution in [0.1, 0.15) is 0 Å². The molecular formula is C11H6Cl2N6O. The largest absolute Gasteiger partial charge is 0.379 e. The van der Waals surface area contributed by atoms with Crippen molar-refractivity contribution < 1.29 is 4.63 Å². The quantitative estimate of drug-likeness (QED) is 0.735. The van der Waals surface area contributed by atoms with E-state index >= 15 is 0 Å². The maximum Gasteiger partial charge on any atom is 0.294 e. The third-order valence-electron chi connectivity index (χ3n) is 2.73. The number of rotatable bonds is 2. The van der Waals surface area contributed by atoms with Crippen molar-refractivity contribution in [3.63, 3.8) is 0 Å². The van der Waals surface area contributed by atoms with E-state index in [0.29, 0.717) is 26.9 Å². The maximum absolute atomic E-state index is 7.05. The molecule has 0 saturated carbocycles. The number of anilines is 1. The number of imidazole rings is 1. The van der Waals surface area contributed by atoms with E-state index in [1.807, 2.05) is 0 Å². The summed E-state index contributed by atoms with van der Waals surface area (Å²) in [4.78, 5) is 7.73. The van der Waals surface area contributed by atoms with Crippen LogP contribution >= 0.6 is 23.2 Å². The zero-order chi connectivity index (χ0) is 14.3. The van der Waals surface area contributed by atoms with E-state index in [0.717, 1.165) is 0 Å². The van der Waals surface area contributed by atoms with Gasteiger partial charge in [0.2, 0.25) is 0 Å². The lowest BCUT2D eigenvalue weighted by Crippen LogP contribution is -1.99. The fourth-order valence-electron chi connectivity index (χ4n) is 1.87. The Bertz CT molecular complexity index is 847. The predicted molar refractivity (Wildman–Crippen MR) is 74.1 cm³/mol. The molecule has 0 spiro atoms. The molecular weight excluding hydrogens is 303 g/mol. The Morgan fingerprint density at radius 1 is 1.30 bits per heavy atom. The summed E-state index contributed by atoms with van der Waals surface area (Å²) in [6.45, 7) is 7.09. The number of fused-ring (bicyclic) bond motifs is 1. The van der Waals surface area contributed by atoms with Crippen molar-refractivity contribution >= 4 is 40.1 Å². The number of nitrogens with zero attached hydrogens (tertiary/aromatic N) is 5. The fourth-order valence-corrected chi connectivity index (χ4v) is 2.18. The molecule has 2 N–H and O–H groups in total. The number of halogens is 2. The zero-order valence-electron chi connectivity index (χ0n) is 9.84. The van der Waals surface area contributed by atoms with Crippen LogP contribution in [0.15, 0.2) is 16.8 Å². The molecule has 20 heavy (non-hydrogen) atoms. The number of aromatic nitrogens is 4. The Morgan fingerprint density at radius 2 is 2.05 bits per heavy atom. The Hall–Kier alpha value is -2.30. The first-order valence-corrected chi connectivity index (χ1v) is 6.14. The van der Waals surface area contributed by atoms with E-state index in [1.165, 1.54) is 0 Å². The van der Waals surface area contributed by atoms with Crippen molar-refractivity contribution in [1.82, 2.24) is 19.9 Å². The van der Waals surface area contributed by atoms with Gasteiger partial charge < -0.3 is 5.73 Å². The monoisotopic (exact) mass is 308 g/mol. The van der Waals surface area contributed by atoms with E-state index in [1.54, 1.807) is 16.7 Å². The lowest BCUT2D eigenvalue weighted by Gasteiger charge is -2.00. The summed E-state index contributed by atoms with van der Waals surface area (Å²) < 4.78 is 6.19. The molecule has 0 aliphatic rings. The molecule has 0 fully saturated rings. The van der Waals surface area contributed by atoms with Gasteiger partial charge in [0.25, 0.3) is 6.67 Å². The first kappa shape index (κ1) is 12.7. The summed E-state index contributed by atoms with van der Waals surface area (Å²) in [7, 11) is 0. The minimum absolute atomic E-state index is 0.0378. The lowest BCUT2D eigenvalue weighted by atomic mass is 10.3. The van der Waals surface area contributed by atoms with Crippen molar-refractivity contribution in [3.05, 3.63) is 33.6 Å². The lowest BCUT2D eigenvalue weighted by molar-refractivity contribution is 0.310. The Labute approximate surface area is 122 Å². The minimum Gasteiger partial charge on any atom is -0.379 e. The van der Waals surface area contributed by atoms with E-state index in [-0.39, 0.29) is 18.2 Å². The summed E-state index contributed by atoms with van der Waals surface area (Å²) in [6.07, 6.45) is 0. The molecule has 3 aromatic rings. The average molecular weight is 309 g/mol. The average Bonchev–Trinajstić information content (AvgIpc) is 2.96. The van der Waals surface area contributed by atoms with Crippen molar-refractivity contribution in [2.75, 3.05) is 5.73 Å². The number of hydrogen-bond donors (Lipinski definition) is 1. The van der Waals surface area contributed by atoms with Gasteiger partial charge in [-0.15, -0.1) is 0 Å². The van der Waals surface area contributed by atoms with Gasteiger partial charge in [0, 0.05) is 0 Å². The van der Waals surface area contributed by atoms with Gasteiger partial charge in [-0.2, -0.15) is 0 Å². The van der Waals surface area contributed by atoms with Crippen molar-refractivity contribution in [2.45, 2.75) is 6.67 Å². The normalized spacial score (nSPS) is 10.8. The second-order valence-electron chi connectivity index (χ2n) is 3.92. The van der Waals surface area contributed by atoms with Gasteiger partial charge in [-0.25, -0.2) is 16.2 Å². The van der Waals surface area contributed by atoms with Crippen LogP contribution in [0.25, 0.3) is 27.4 Å². The van der Waals surface area contributed by atoms with Crippen molar-refractivity contribution in [2.24, 2.45) is 0 Å². The highest BCUT2D eigenvalue weighted by atomic mass is 35.5. The van der Waals surface area contributed by atoms with Gasteiger partial charge in [0.15, 0.2) is 17.3 Å². The van der Waals surface area contributed by atoms with Gasteiger partial charge in [0.05, 0.1) is 21.1 Å². The smallest absolute Gasteiger partial charge is 0.294 e. The summed E-state index contributed by atoms with van der Waals surface area (Å²) in [5.41, 5.74) is 7.19. The van der Waals surface area contributed by atoms with Gasteiger partial charge in [-0.05, 0) is 22.4 Å². The molecule has 0 saturated heterocycles. The molecule has 7 nitrogen and oxygen atoms in total. The summed E-state index contributed by atoms with van der Waals surface area (Å²) >= 11 is 12.0. The van der Waals surface area contributed by atoms with Crippen LogP contribution in [-0.2, 0) is 6.67 Å². The first-order valence-electron chi connectivity index (χ1n) is 5.38. The highest BCUT2D eigenvalue weighted by Gasteiger charge is 2.21. The Morgan fingerprint density at radius 3 is 2.70 bits per heavy atom. The fraction of sp³-hybridized carbons (Fsp3) is 0.0909. The van der Waals surface area contributed by atoms with Gasteiger partial charge in [-0.1, -0.05) is 23.2 Å². The van der Waals surface area contributed by atoms with Crippen LogP contribution in [0.2, 0.25) is 10.0 Å². The SMILES string of the molecule is [C-]#[N+]Cn1c(-c2nonc2N)nc2cc(Cl)c(Cl)cc21. The van der Waals surface area contributed by atoms with Crippen LogP contribution in [-0.4, -0.2) is 19.9 Å². The first-order chi connectivity index (χ1) is 9.61. The molecule has 9 heteroatoms. The van der Waals surface area contributed by atoms with Crippen LogP contribution < -0.4 is 5.73 Å². The van der Waals surface area contributed by atoms with Crippen molar-refractivity contribution in [3.8, 4) is 11.5 Å². The highest BCUT2D eigenvalue weighted by molar-refractivity contribution is 6.42. The Kier molecular flexibility index (Phi) is 2.97. The number of hydrogen-bond acceptors (Lipinski definition) is 5. The number of nitrogen functional groups attached to an aromatic ring is 1. The van der Waals surface area contributed by atoms with Crippen LogP contribution in [0.4, 0.5) is 5.82 Å². The standard InChI is InChI=1S/C11H6Cl2N6O/c1-15-4-19-8-3-6(13)5(12)2-7(8)16-11(19)9-10(14)18-20-17-9/h2-3H,4H2,(H2,14,18).